The molecule has 0 aliphatic carbocycles. The molecule has 0 saturated carbocycles. The number of carboxylic acids is 1. The van der Waals surface area contributed by atoms with Crippen LogP contribution in [0.25, 0.3) is 0 Å². The second-order valence-electron chi connectivity index (χ2n) is 6.08. The summed E-state index contributed by atoms with van der Waals surface area (Å²) in [7, 11) is 0. The zero-order valence-electron chi connectivity index (χ0n) is 13.8. The van der Waals surface area contributed by atoms with Crippen LogP contribution in [0.15, 0.2) is 30.3 Å². The molecule has 132 valence electrons. The molecule has 8 heteroatoms. The van der Waals surface area contributed by atoms with Gasteiger partial charge in [-0.25, -0.2) is 9.59 Å². The monoisotopic (exact) mass is 338 g/mol. The highest BCUT2D eigenvalue weighted by molar-refractivity contribution is 5.89. The third kappa shape index (κ3) is 6.66. The molecule has 0 aliphatic heterocycles. The average molecular weight is 338 g/mol. The van der Waals surface area contributed by atoms with Crippen LogP contribution in [0.3, 0.4) is 0 Å². The predicted molar refractivity (Wildman–Crippen MR) is 85.0 cm³/mol. The standard InChI is InChI=1S/C16H22N2O6/c1-16(2,3)24-14(21)12(11(17)13(19)20)18-15(22)23-9-10-7-5-4-6-8-10/h4-8,11-12H,9,17H2,1-3H3,(H,18,22)(H,19,20)/t11-,12-/m0/s1. The molecule has 0 aromatic heterocycles. The Morgan fingerprint density at radius 3 is 2.29 bits per heavy atom. The Kier molecular flexibility index (Phi) is 6.72. The van der Waals surface area contributed by atoms with Gasteiger partial charge in [0.15, 0.2) is 6.04 Å². The summed E-state index contributed by atoms with van der Waals surface area (Å²) < 4.78 is 10.0. The molecule has 8 nitrogen and oxygen atoms in total. The SMILES string of the molecule is CC(C)(C)OC(=O)[C@@H](NC(=O)OCc1ccccc1)[C@H](N)C(=O)O. The molecule has 1 amide bonds. The van der Waals surface area contributed by atoms with Gasteiger partial charge in [0.25, 0.3) is 0 Å². The summed E-state index contributed by atoms with van der Waals surface area (Å²) in [6.45, 7) is 4.81. The maximum absolute atomic E-state index is 12.1. The number of hydrogen-bond acceptors (Lipinski definition) is 6. The summed E-state index contributed by atoms with van der Waals surface area (Å²) in [4.78, 5) is 35.0. The van der Waals surface area contributed by atoms with Gasteiger partial charge in [0, 0.05) is 0 Å². The number of hydrogen-bond donors (Lipinski definition) is 3. The van der Waals surface area contributed by atoms with Crippen molar-refractivity contribution in [3.05, 3.63) is 35.9 Å². The molecule has 0 radical (unpaired) electrons. The van der Waals surface area contributed by atoms with Crippen LogP contribution in [0, 0.1) is 0 Å². The number of nitrogens with two attached hydrogens (primary N) is 1. The van der Waals surface area contributed by atoms with Crippen molar-refractivity contribution < 1.29 is 29.0 Å². The Hall–Kier alpha value is -2.61. The first kappa shape index (κ1) is 19.4. The van der Waals surface area contributed by atoms with Gasteiger partial charge in [0.1, 0.15) is 18.2 Å². The summed E-state index contributed by atoms with van der Waals surface area (Å²) in [5.41, 5.74) is 5.35. The molecule has 24 heavy (non-hydrogen) atoms. The van der Waals surface area contributed by atoms with Crippen molar-refractivity contribution in [2.75, 3.05) is 0 Å². The number of carbonyl (C=O) groups excluding carboxylic acids is 2. The fraction of sp³-hybridized carbons (Fsp3) is 0.438. The Labute approximate surface area is 139 Å². The summed E-state index contributed by atoms with van der Waals surface area (Å²) in [5.74, 6) is -2.40. The van der Waals surface area contributed by atoms with Crippen LogP contribution in [0.5, 0.6) is 0 Å². The van der Waals surface area contributed by atoms with Crippen molar-refractivity contribution >= 4 is 18.0 Å². The van der Waals surface area contributed by atoms with E-state index in [0.29, 0.717) is 0 Å². The number of carbonyl (C=O) groups is 3. The number of alkyl carbamates (subject to hydrolysis) is 1. The lowest BCUT2D eigenvalue weighted by Gasteiger charge is -2.26. The lowest BCUT2D eigenvalue weighted by Crippen LogP contribution is -2.57. The van der Waals surface area contributed by atoms with Crippen molar-refractivity contribution in [2.24, 2.45) is 5.73 Å². The van der Waals surface area contributed by atoms with Crippen molar-refractivity contribution in [3.63, 3.8) is 0 Å². The highest BCUT2D eigenvalue weighted by atomic mass is 16.6. The second-order valence-corrected chi connectivity index (χ2v) is 6.08. The van der Waals surface area contributed by atoms with Crippen molar-refractivity contribution in [3.8, 4) is 0 Å². The largest absolute Gasteiger partial charge is 0.480 e. The highest BCUT2D eigenvalue weighted by Gasteiger charge is 2.36. The summed E-state index contributed by atoms with van der Waals surface area (Å²) in [6.07, 6.45) is -0.966. The molecule has 1 rings (SSSR count). The van der Waals surface area contributed by atoms with Gasteiger partial charge in [0.05, 0.1) is 0 Å². The van der Waals surface area contributed by atoms with Gasteiger partial charge in [-0.3, -0.25) is 4.79 Å². The molecule has 0 bridgehead atoms. The molecule has 4 N–H and O–H groups in total. The van der Waals surface area contributed by atoms with E-state index in [2.05, 4.69) is 5.32 Å². The molecule has 0 spiro atoms. The molecule has 1 aromatic carbocycles. The van der Waals surface area contributed by atoms with Gasteiger partial charge in [-0.1, -0.05) is 30.3 Å². The van der Waals surface area contributed by atoms with Gasteiger partial charge in [-0.2, -0.15) is 0 Å². The van der Waals surface area contributed by atoms with Gasteiger partial charge in [-0.15, -0.1) is 0 Å². The van der Waals surface area contributed by atoms with E-state index < -0.39 is 35.7 Å². The number of rotatable bonds is 6. The van der Waals surface area contributed by atoms with Crippen molar-refractivity contribution in [1.29, 1.82) is 0 Å². The first-order valence-electron chi connectivity index (χ1n) is 7.28. The maximum Gasteiger partial charge on any atom is 0.408 e. The van der Waals surface area contributed by atoms with Crippen LogP contribution in [-0.4, -0.2) is 40.8 Å². The number of carboxylic acid groups (broad SMARTS) is 1. The topological polar surface area (TPSA) is 128 Å². The van der Waals surface area contributed by atoms with Crippen LogP contribution < -0.4 is 11.1 Å². The minimum Gasteiger partial charge on any atom is -0.480 e. The van der Waals surface area contributed by atoms with E-state index in [1.165, 1.54) is 0 Å². The molecule has 0 saturated heterocycles. The third-order valence-electron chi connectivity index (χ3n) is 2.79. The van der Waals surface area contributed by atoms with Gasteiger partial charge in [0.2, 0.25) is 0 Å². The van der Waals surface area contributed by atoms with Crippen LogP contribution >= 0.6 is 0 Å². The third-order valence-corrected chi connectivity index (χ3v) is 2.79. The lowest BCUT2D eigenvalue weighted by atomic mass is 10.1. The Bertz CT molecular complexity index is 582. The zero-order valence-corrected chi connectivity index (χ0v) is 13.8. The van der Waals surface area contributed by atoms with E-state index >= 15 is 0 Å². The minimum absolute atomic E-state index is 0.0317. The zero-order chi connectivity index (χ0) is 18.3. The molecule has 0 unspecified atom stereocenters. The molecule has 0 heterocycles. The Balaban J connectivity index is 2.71. The number of nitrogens with one attached hydrogen (secondary N) is 1. The quantitative estimate of drug-likeness (QED) is 0.661. The first-order valence-corrected chi connectivity index (χ1v) is 7.28. The van der Waals surface area contributed by atoms with E-state index in [1.807, 2.05) is 6.07 Å². The number of esters is 1. The molecule has 1 aromatic rings. The highest BCUT2D eigenvalue weighted by Crippen LogP contribution is 2.10. The number of aliphatic carboxylic acids is 1. The van der Waals surface area contributed by atoms with Gasteiger partial charge < -0.3 is 25.6 Å². The number of benzene rings is 1. The summed E-state index contributed by atoms with van der Waals surface area (Å²) >= 11 is 0. The molecule has 0 aliphatic rings. The predicted octanol–water partition coefficient (Wildman–Crippen LogP) is 1.03. The van der Waals surface area contributed by atoms with E-state index in [9.17, 15) is 14.4 Å². The second kappa shape index (κ2) is 8.30. The number of amides is 1. The van der Waals surface area contributed by atoms with Crippen LogP contribution in [0.4, 0.5) is 4.79 Å². The molecular formula is C16H22N2O6. The Morgan fingerprint density at radius 2 is 1.79 bits per heavy atom. The van der Waals surface area contributed by atoms with Crippen molar-refractivity contribution in [2.45, 2.75) is 45.1 Å². The van der Waals surface area contributed by atoms with E-state index in [1.54, 1.807) is 45.0 Å². The molecule has 2 atom stereocenters. The average Bonchev–Trinajstić information content (AvgIpc) is 2.49. The first-order chi connectivity index (χ1) is 11.1. The fourth-order valence-electron chi connectivity index (χ4n) is 1.69. The minimum atomic E-state index is -1.66. The smallest absolute Gasteiger partial charge is 0.408 e. The summed E-state index contributed by atoms with van der Waals surface area (Å²) in [5, 5.41) is 11.1. The van der Waals surface area contributed by atoms with Crippen LogP contribution in [0.2, 0.25) is 0 Å². The fourth-order valence-corrected chi connectivity index (χ4v) is 1.69. The normalized spacial score (nSPS) is 13.5. The van der Waals surface area contributed by atoms with Crippen LogP contribution in [-0.2, 0) is 25.7 Å². The number of ether oxygens (including phenoxy) is 2. The summed E-state index contributed by atoms with van der Waals surface area (Å²) in [6, 6.07) is 5.65. The lowest BCUT2D eigenvalue weighted by molar-refractivity contribution is -0.160. The van der Waals surface area contributed by atoms with E-state index in [0.717, 1.165) is 5.56 Å². The molecule has 0 fully saturated rings. The van der Waals surface area contributed by atoms with Gasteiger partial charge >= 0.3 is 18.0 Å². The van der Waals surface area contributed by atoms with E-state index in [4.69, 9.17) is 20.3 Å². The Morgan fingerprint density at radius 1 is 1.21 bits per heavy atom. The van der Waals surface area contributed by atoms with Crippen LogP contribution in [0.1, 0.15) is 26.3 Å². The van der Waals surface area contributed by atoms with E-state index in [-0.39, 0.29) is 6.61 Å². The maximum atomic E-state index is 12.1. The van der Waals surface area contributed by atoms with Gasteiger partial charge in [-0.05, 0) is 26.3 Å². The van der Waals surface area contributed by atoms with Crippen molar-refractivity contribution in [1.82, 2.24) is 5.32 Å². The molecular weight excluding hydrogens is 316 g/mol.